The highest BCUT2D eigenvalue weighted by Gasteiger charge is 2.22. The number of hydrogen-bond acceptors (Lipinski definition) is 4. The summed E-state index contributed by atoms with van der Waals surface area (Å²) < 4.78 is 0. The number of thiocarbonyl (C=S) groups is 1. The first-order valence-corrected chi connectivity index (χ1v) is 5.53. The van der Waals surface area contributed by atoms with Crippen LogP contribution < -0.4 is 21.7 Å². The van der Waals surface area contributed by atoms with Gasteiger partial charge in [-0.15, -0.1) is 0 Å². The third-order valence-corrected chi connectivity index (χ3v) is 2.37. The zero-order chi connectivity index (χ0) is 12.8. The van der Waals surface area contributed by atoms with E-state index in [4.69, 9.17) is 5.73 Å². The van der Waals surface area contributed by atoms with Crippen molar-refractivity contribution in [2.75, 3.05) is 13.1 Å². The summed E-state index contributed by atoms with van der Waals surface area (Å²) in [6, 6.07) is -0.102. The summed E-state index contributed by atoms with van der Waals surface area (Å²) in [6.07, 6.45) is 1.11. The minimum Gasteiger partial charge on any atom is -0.392 e. The molecule has 5 N–H and O–H groups in total. The van der Waals surface area contributed by atoms with Crippen LogP contribution in [0.25, 0.3) is 0 Å². The maximum atomic E-state index is 11.3. The summed E-state index contributed by atoms with van der Waals surface area (Å²) in [5, 5.41) is 7.35. The molecule has 0 bridgehead atoms. The maximum absolute atomic E-state index is 11.3. The van der Waals surface area contributed by atoms with Crippen molar-refractivity contribution in [3.05, 3.63) is 0 Å². The normalized spacial score (nSPS) is 18.4. The van der Waals surface area contributed by atoms with E-state index in [0.29, 0.717) is 12.8 Å². The fourth-order valence-corrected chi connectivity index (χ4v) is 1.45. The Balaban J connectivity index is 2.22. The lowest BCUT2D eigenvalue weighted by Gasteiger charge is -2.10. The smallest absolute Gasteiger partial charge is 0.309 e. The minimum absolute atomic E-state index is 0.0122. The average Bonchev–Trinajstić information content (AvgIpc) is 2.68. The van der Waals surface area contributed by atoms with Gasteiger partial charge >= 0.3 is 11.8 Å². The van der Waals surface area contributed by atoms with Gasteiger partial charge in [0.2, 0.25) is 5.91 Å². The van der Waals surface area contributed by atoms with Crippen molar-refractivity contribution in [3.8, 4) is 0 Å². The van der Waals surface area contributed by atoms with Gasteiger partial charge in [0, 0.05) is 19.0 Å². The van der Waals surface area contributed by atoms with E-state index in [2.05, 4.69) is 28.2 Å². The molecule has 1 heterocycles. The van der Waals surface area contributed by atoms with E-state index in [1.807, 2.05) is 0 Å². The monoisotopic (exact) mass is 258 g/mol. The summed E-state index contributed by atoms with van der Waals surface area (Å²) >= 11 is 4.55. The van der Waals surface area contributed by atoms with E-state index >= 15 is 0 Å². The highest BCUT2D eigenvalue weighted by molar-refractivity contribution is 7.80. The van der Waals surface area contributed by atoms with Crippen molar-refractivity contribution in [3.63, 3.8) is 0 Å². The van der Waals surface area contributed by atoms with Crippen molar-refractivity contribution < 1.29 is 14.4 Å². The molecule has 0 aromatic rings. The van der Waals surface area contributed by atoms with E-state index in [1.165, 1.54) is 0 Å². The number of nitrogens with two attached hydrogens (primary N) is 1. The van der Waals surface area contributed by atoms with Gasteiger partial charge in [0.15, 0.2) is 0 Å². The Morgan fingerprint density at radius 1 is 1.41 bits per heavy atom. The Labute approximate surface area is 103 Å². The molecule has 1 unspecified atom stereocenters. The Hall–Kier alpha value is -1.70. The Morgan fingerprint density at radius 2 is 2.06 bits per heavy atom. The van der Waals surface area contributed by atoms with Crippen molar-refractivity contribution in [1.82, 2.24) is 16.0 Å². The lowest BCUT2D eigenvalue weighted by Crippen LogP contribution is -2.46. The topological polar surface area (TPSA) is 113 Å². The van der Waals surface area contributed by atoms with Crippen LogP contribution >= 0.6 is 12.2 Å². The number of amides is 3. The lowest BCUT2D eigenvalue weighted by atomic mass is 10.2. The van der Waals surface area contributed by atoms with Gasteiger partial charge in [0.1, 0.15) is 0 Å². The van der Waals surface area contributed by atoms with Crippen LogP contribution in [-0.4, -0.2) is 41.8 Å². The van der Waals surface area contributed by atoms with Crippen molar-refractivity contribution in [1.29, 1.82) is 0 Å². The van der Waals surface area contributed by atoms with E-state index in [0.717, 1.165) is 0 Å². The molecule has 1 aliphatic heterocycles. The molecule has 0 aromatic heterocycles. The standard InChI is InChI=1S/C9H14N4O3S/c10-6(17)4-12-9(16)8(15)11-3-5-1-2-7(14)13-5/h5H,1-4H2,(H2,10,17)(H,11,15)(H,12,16)(H,13,14). The molecule has 8 heteroatoms. The molecule has 1 aliphatic rings. The molecule has 0 saturated carbocycles. The third-order valence-electron chi connectivity index (χ3n) is 2.22. The SMILES string of the molecule is NC(=S)CNC(=O)C(=O)NCC1CCC(=O)N1. The zero-order valence-electron chi connectivity index (χ0n) is 9.12. The zero-order valence-corrected chi connectivity index (χ0v) is 9.93. The van der Waals surface area contributed by atoms with Crippen LogP contribution in [0.4, 0.5) is 0 Å². The molecule has 1 atom stereocenters. The summed E-state index contributed by atoms with van der Waals surface area (Å²) in [5.74, 6) is -1.59. The maximum Gasteiger partial charge on any atom is 0.309 e. The van der Waals surface area contributed by atoms with Gasteiger partial charge < -0.3 is 21.7 Å². The second-order valence-corrected chi connectivity index (χ2v) is 4.19. The molecule has 0 aliphatic carbocycles. The van der Waals surface area contributed by atoms with Gasteiger partial charge in [-0.05, 0) is 6.42 Å². The van der Waals surface area contributed by atoms with Gasteiger partial charge in [-0.2, -0.15) is 0 Å². The molecule has 1 fully saturated rings. The molecule has 94 valence electrons. The number of rotatable bonds is 4. The van der Waals surface area contributed by atoms with Crippen molar-refractivity contribution >= 4 is 34.9 Å². The molecular weight excluding hydrogens is 244 g/mol. The molecule has 1 rings (SSSR count). The Morgan fingerprint density at radius 3 is 2.59 bits per heavy atom. The summed E-state index contributed by atoms with van der Waals surface area (Å²) in [4.78, 5) is 33.4. The quantitative estimate of drug-likeness (QED) is 0.337. The van der Waals surface area contributed by atoms with Crippen LogP contribution in [0.1, 0.15) is 12.8 Å². The summed E-state index contributed by atoms with van der Waals surface area (Å²) in [6.45, 7) is 0.229. The summed E-state index contributed by atoms with van der Waals surface area (Å²) in [7, 11) is 0. The van der Waals surface area contributed by atoms with Gasteiger partial charge in [0.05, 0.1) is 11.5 Å². The van der Waals surface area contributed by atoms with Gasteiger partial charge in [-0.3, -0.25) is 14.4 Å². The first-order chi connectivity index (χ1) is 7.99. The van der Waals surface area contributed by atoms with Crippen molar-refractivity contribution in [2.24, 2.45) is 5.73 Å². The largest absolute Gasteiger partial charge is 0.392 e. The molecule has 0 aromatic carbocycles. The molecule has 7 nitrogen and oxygen atoms in total. The average molecular weight is 258 g/mol. The predicted octanol–water partition coefficient (Wildman–Crippen LogP) is -2.22. The van der Waals surface area contributed by atoms with E-state index < -0.39 is 11.8 Å². The number of carbonyl (C=O) groups excluding carboxylic acids is 3. The van der Waals surface area contributed by atoms with Gasteiger partial charge in [-0.1, -0.05) is 12.2 Å². The van der Waals surface area contributed by atoms with E-state index in [9.17, 15) is 14.4 Å². The van der Waals surface area contributed by atoms with Crippen LogP contribution in [-0.2, 0) is 14.4 Å². The van der Waals surface area contributed by atoms with Crippen molar-refractivity contribution in [2.45, 2.75) is 18.9 Å². The highest BCUT2D eigenvalue weighted by atomic mass is 32.1. The Kier molecular flexibility index (Phi) is 4.83. The molecular formula is C9H14N4O3S. The lowest BCUT2D eigenvalue weighted by molar-refractivity contribution is -0.139. The van der Waals surface area contributed by atoms with Crippen LogP contribution in [0.15, 0.2) is 0 Å². The van der Waals surface area contributed by atoms with Crippen LogP contribution in [0, 0.1) is 0 Å². The molecule has 0 radical (unpaired) electrons. The summed E-state index contributed by atoms with van der Waals surface area (Å²) in [5.41, 5.74) is 5.17. The third kappa shape index (κ3) is 4.77. The predicted molar refractivity (Wildman–Crippen MR) is 64.0 cm³/mol. The number of hydrogen-bond donors (Lipinski definition) is 4. The van der Waals surface area contributed by atoms with Crippen LogP contribution in [0.5, 0.6) is 0 Å². The fourth-order valence-electron chi connectivity index (χ4n) is 1.37. The minimum atomic E-state index is -0.790. The Bertz CT molecular complexity index is 358. The van der Waals surface area contributed by atoms with Crippen LogP contribution in [0.3, 0.4) is 0 Å². The molecule has 0 spiro atoms. The van der Waals surface area contributed by atoms with E-state index in [-0.39, 0.29) is 30.0 Å². The first kappa shape index (κ1) is 13.4. The first-order valence-electron chi connectivity index (χ1n) is 5.12. The second-order valence-electron chi connectivity index (χ2n) is 3.66. The number of nitrogens with one attached hydrogen (secondary N) is 3. The molecule has 3 amide bonds. The van der Waals surface area contributed by atoms with Crippen LogP contribution in [0.2, 0.25) is 0 Å². The molecule has 1 saturated heterocycles. The highest BCUT2D eigenvalue weighted by Crippen LogP contribution is 2.04. The van der Waals surface area contributed by atoms with Gasteiger partial charge in [-0.25, -0.2) is 0 Å². The van der Waals surface area contributed by atoms with E-state index in [1.54, 1.807) is 0 Å². The van der Waals surface area contributed by atoms with Gasteiger partial charge in [0.25, 0.3) is 0 Å². The molecule has 17 heavy (non-hydrogen) atoms. The fraction of sp³-hybridized carbons (Fsp3) is 0.556. The number of carbonyl (C=O) groups is 3. The second kappa shape index (κ2) is 6.14.